The van der Waals surface area contributed by atoms with E-state index in [0.717, 1.165) is 24.3 Å². The first-order chi connectivity index (χ1) is 13.3. The van der Waals surface area contributed by atoms with Gasteiger partial charge < -0.3 is 14.1 Å². The molecule has 2 heterocycles. The predicted molar refractivity (Wildman–Crippen MR) is 108 cm³/mol. The highest BCUT2D eigenvalue weighted by molar-refractivity contribution is 5.82. The van der Waals surface area contributed by atoms with Gasteiger partial charge in [0.15, 0.2) is 5.43 Å². The van der Waals surface area contributed by atoms with Crippen molar-refractivity contribution < 1.29 is 9.15 Å². The van der Waals surface area contributed by atoms with Crippen LogP contribution < -0.4 is 10.2 Å². The minimum atomic E-state index is -0.0147. The van der Waals surface area contributed by atoms with Crippen LogP contribution in [0.4, 0.5) is 0 Å². The topological polar surface area (TPSA) is 42.7 Å². The maximum atomic E-state index is 12.8. The van der Waals surface area contributed by atoms with Crippen molar-refractivity contribution in [1.29, 1.82) is 0 Å². The van der Waals surface area contributed by atoms with E-state index < -0.39 is 0 Å². The molecule has 4 rings (SSSR count). The lowest BCUT2D eigenvalue weighted by atomic mass is 10.1. The molecule has 1 fully saturated rings. The molecule has 0 radical (unpaired) electrons. The van der Waals surface area contributed by atoms with Gasteiger partial charge in [-0.2, -0.15) is 0 Å². The summed E-state index contributed by atoms with van der Waals surface area (Å²) in [5.74, 6) is 0.747. The number of piperidine rings is 1. The van der Waals surface area contributed by atoms with Gasteiger partial charge in [0.25, 0.3) is 0 Å². The Hall–Kier alpha value is -2.59. The van der Waals surface area contributed by atoms with Crippen LogP contribution in [0.25, 0.3) is 22.1 Å². The first kappa shape index (κ1) is 17.8. The summed E-state index contributed by atoms with van der Waals surface area (Å²) in [5.41, 5.74) is 2.00. The van der Waals surface area contributed by atoms with Gasteiger partial charge in [0.2, 0.25) is 0 Å². The number of hydrogen-bond donors (Lipinski definition) is 0. The Balaban J connectivity index is 1.42. The molecule has 0 spiro atoms. The van der Waals surface area contributed by atoms with E-state index in [0.29, 0.717) is 23.1 Å². The van der Waals surface area contributed by atoms with Gasteiger partial charge in [-0.05, 0) is 50.0 Å². The average Bonchev–Trinajstić information content (AvgIpc) is 2.73. The molecule has 0 bridgehead atoms. The molecule has 3 aromatic rings. The van der Waals surface area contributed by atoms with Crippen LogP contribution in [0.3, 0.4) is 0 Å². The van der Waals surface area contributed by atoms with Gasteiger partial charge in [-0.25, -0.2) is 0 Å². The normalized spacial score (nSPS) is 15.1. The number of likely N-dealkylation sites (tertiary alicyclic amines) is 1. The summed E-state index contributed by atoms with van der Waals surface area (Å²) in [4.78, 5) is 15.3. The Labute approximate surface area is 159 Å². The molecule has 0 saturated carbocycles. The fourth-order valence-electron chi connectivity index (χ4n) is 3.68. The maximum absolute atomic E-state index is 12.8. The largest absolute Gasteiger partial charge is 0.493 e. The molecule has 0 amide bonds. The number of hydrogen-bond acceptors (Lipinski definition) is 4. The molecule has 140 valence electrons. The van der Waals surface area contributed by atoms with Crippen LogP contribution in [0.2, 0.25) is 0 Å². The summed E-state index contributed by atoms with van der Waals surface area (Å²) in [7, 11) is 0. The Morgan fingerprint density at radius 1 is 1.00 bits per heavy atom. The lowest BCUT2D eigenvalue weighted by Crippen LogP contribution is -2.31. The van der Waals surface area contributed by atoms with Gasteiger partial charge in [0.1, 0.15) is 17.6 Å². The third kappa shape index (κ3) is 4.22. The zero-order chi connectivity index (χ0) is 18.5. The molecule has 0 N–H and O–H groups in total. The van der Waals surface area contributed by atoms with E-state index >= 15 is 0 Å². The van der Waals surface area contributed by atoms with E-state index in [1.165, 1.54) is 32.4 Å². The second kappa shape index (κ2) is 8.40. The standard InChI is InChI=1S/C23H25NO3/c25-23-20-11-10-19(26-15-7-14-24-12-5-2-6-13-24)16-22(20)27-17-21(23)18-8-3-1-4-9-18/h1,3-4,8-11,16-17H,2,5-7,12-15H2. The lowest BCUT2D eigenvalue weighted by Gasteiger charge is -2.26. The predicted octanol–water partition coefficient (Wildman–Crippen LogP) is 4.71. The third-order valence-corrected chi connectivity index (χ3v) is 5.17. The number of nitrogens with zero attached hydrogens (tertiary/aromatic N) is 1. The van der Waals surface area contributed by atoms with E-state index in [4.69, 9.17) is 9.15 Å². The molecule has 1 aromatic heterocycles. The number of ether oxygens (including phenoxy) is 1. The van der Waals surface area contributed by atoms with Crippen molar-refractivity contribution in [3.8, 4) is 16.9 Å². The van der Waals surface area contributed by atoms with Crippen LogP contribution >= 0.6 is 0 Å². The molecule has 1 aliphatic heterocycles. The molecule has 0 atom stereocenters. The molecular weight excluding hydrogens is 338 g/mol. The zero-order valence-corrected chi connectivity index (χ0v) is 15.5. The summed E-state index contributed by atoms with van der Waals surface area (Å²) >= 11 is 0. The molecule has 0 aliphatic carbocycles. The van der Waals surface area contributed by atoms with Crippen molar-refractivity contribution >= 4 is 11.0 Å². The SMILES string of the molecule is O=c1c(-c2ccccc2)coc2cc(OCCCN3CCCCC3)ccc12. The molecule has 1 aliphatic rings. The van der Waals surface area contributed by atoms with Crippen LogP contribution in [0.15, 0.2) is 64.0 Å². The maximum Gasteiger partial charge on any atom is 0.200 e. The van der Waals surface area contributed by atoms with E-state index in [1.54, 1.807) is 12.3 Å². The quantitative estimate of drug-likeness (QED) is 0.595. The molecule has 0 unspecified atom stereocenters. The van der Waals surface area contributed by atoms with Crippen molar-refractivity contribution in [2.75, 3.05) is 26.2 Å². The van der Waals surface area contributed by atoms with Gasteiger partial charge in [-0.1, -0.05) is 36.8 Å². The highest BCUT2D eigenvalue weighted by Gasteiger charge is 2.11. The summed E-state index contributed by atoms with van der Waals surface area (Å²) in [6.07, 6.45) is 6.54. The van der Waals surface area contributed by atoms with Crippen LogP contribution in [-0.4, -0.2) is 31.1 Å². The van der Waals surface area contributed by atoms with Crippen LogP contribution in [0.1, 0.15) is 25.7 Å². The van der Waals surface area contributed by atoms with E-state index in [-0.39, 0.29) is 5.43 Å². The second-order valence-corrected chi connectivity index (χ2v) is 7.11. The minimum Gasteiger partial charge on any atom is -0.493 e. The Morgan fingerprint density at radius 3 is 2.63 bits per heavy atom. The average molecular weight is 363 g/mol. The van der Waals surface area contributed by atoms with Gasteiger partial charge >= 0.3 is 0 Å². The number of rotatable bonds is 6. The molecule has 2 aromatic carbocycles. The summed E-state index contributed by atoms with van der Waals surface area (Å²) in [5, 5.41) is 0.581. The molecule has 4 heteroatoms. The summed E-state index contributed by atoms with van der Waals surface area (Å²) < 4.78 is 11.6. The number of benzene rings is 2. The van der Waals surface area contributed by atoms with Crippen molar-refractivity contribution in [2.24, 2.45) is 0 Å². The third-order valence-electron chi connectivity index (χ3n) is 5.17. The van der Waals surface area contributed by atoms with Gasteiger partial charge in [-0.3, -0.25) is 4.79 Å². The Kier molecular flexibility index (Phi) is 5.54. The monoisotopic (exact) mass is 363 g/mol. The minimum absolute atomic E-state index is 0.0147. The van der Waals surface area contributed by atoms with Crippen LogP contribution in [0.5, 0.6) is 5.75 Å². The second-order valence-electron chi connectivity index (χ2n) is 7.11. The smallest absolute Gasteiger partial charge is 0.200 e. The molecule has 1 saturated heterocycles. The first-order valence-corrected chi connectivity index (χ1v) is 9.77. The fraction of sp³-hybridized carbons (Fsp3) is 0.348. The van der Waals surface area contributed by atoms with Crippen molar-refractivity contribution in [1.82, 2.24) is 4.90 Å². The molecule has 4 nitrogen and oxygen atoms in total. The summed E-state index contributed by atoms with van der Waals surface area (Å²) in [6, 6.07) is 15.1. The lowest BCUT2D eigenvalue weighted by molar-refractivity contribution is 0.205. The van der Waals surface area contributed by atoms with Crippen molar-refractivity contribution in [2.45, 2.75) is 25.7 Å². The highest BCUT2D eigenvalue weighted by Crippen LogP contribution is 2.23. The van der Waals surface area contributed by atoms with Crippen LogP contribution in [-0.2, 0) is 0 Å². The van der Waals surface area contributed by atoms with E-state index in [2.05, 4.69) is 4.90 Å². The van der Waals surface area contributed by atoms with E-state index in [9.17, 15) is 4.79 Å². The fourth-order valence-corrected chi connectivity index (χ4v) is 3.68. The van der Waals surface area contributed by atoms with Gasteiger partial charge in [0.05, 0.1) is 17.6 Å². The van der Waals surface area contributed by atoms with Crippen molar-refractivity contribution in [3.05, 3.63) is 65.0 Å². The van der Waals surface area contributed by atoms with Crippen LogP contribution in [0, 0.1) is 0 Å². The Morgan fingerprint density at radius 2 is 1.81 bits per heavy atom. The zero-order valence-electron chi connectivity index (χ0n) is 15.5. The Bertz CT molecular complexity index is 943. The molecule has 27 heavy (non-hydrogen) atoms. The molecular formula is C23H25NO3. The van der Waals surface area contributed by atoms with Crippen molar-refractivity contribution in [3.63, 3.8) is 0 Å². The first-order valence-electron chi connectivity index (χ1n) is 9.77. The summed E-state index contributed by atoms with van der Waals surface area (Å²) in [6.45, 7) is 4.19. The number of fused-ring (bicyclic) bond motifs is 1. The van der Waals surface area contributed by atoms with E-state index in [1.807, 2.05) is 42.5 Å². The highest BCUT2D eigenvalue weighted by atomic mass is 16.5. The van der Waals surface area contributed by atoms with Gasteiger partial charge in [0, 0.05) is 12.6 Å². The van der Waals surface area contributed by atoms with Gasteiger partial charge in [-0.15, -0.1) is 0 Å².